The molecule has 2 aromatic rings. The molecule has 0 bridgehead atoms. The van der Waals surface area contributed by atoms with Gasteiger partial charge in [-0.05, 0) is 80.8 Å². The van der Waals surface area contributed by atoms with E-state index in [1.54, 1.807) is 6.20 Å². The van der Waals surface area contributed by atoms with Crippen LogP contribution in [0.25, 0.3) is 0 Å². The molecule has 0 radical (unpaired) electrons. The first-order valence-electron chi connectivity index (χ1n) is 12.2. The van der Waals surface area contributed by atoms with Gasteiger partial charge in [0.15, 0.2) is 0 Å². The van der Waals surface area contributed by atoms with Crippen molar-refractivity contribution in [2.45, 2.75) is 58.1 Å². The van der Waals surface area contributed by atoms with Gasteiger partial charge in [0.05, 0.1) is 6.10 Å². The molecule has 2 aliphatic heterocycles. The van der Waals surface area contributed by atoms with Crippen LogP contribution in [0.2, 0.25) is 0 Å². The van der Waals surface area contributed by atoms with Crippen LogP contribution in [-0.2, 0) is 22.5 Å². The summed E-state index contributed by atoms with van der Waals surface area (Å²) in [4.78, 5) is 22.0. The maximum atomic E-state index is 13.2. The van der Waals surface area contributed by atoms with Crippen molar-refractivity contribution in [1.29, 1.82) is 0 Å². The quantitative estimate of drug-likeness (QED) is 0.591. The van der Waals surface area contributed by atoms with Crippen LogP contribution in [0, 0.1) is 12.8 Å². The zero-order valence-electron chi connectivity index (χ0n) is 19.4. The minimum absolute atomic E-state index is 0.207. The molecule has 1 atom stereocenters. The summed E-state index contributed by atoms with van der Waals surface area (Å²) in [6, 6.07) is 12.7. The Morgan fingerprint density at radius 3 is 2.69 bits per heavy atom. The number of carbonyl (C=O) groups excluding carboxylic acids is 1. The average molecular weight is 436 g/mol. The van der Waals surface area contributed by atoms with E-state index in [0.29, 0.717) is 12.3 Å². The second-order valence-corrected chi connectivity index (χ2v) is 9.44. The first-order valence-corrected chi connectivity index (χ1v) is 12.2. The lowest BCUT2D eigenvalue weighted by molar-refractivity contribution is -0.133. The number of hydrogen-bond acceptors (Lipinski definition) is 4. The van der Waals surface area contributed by atoms with E-state index in [1.165, 1.54) is 11.1 Å². The maximum Gasteiger partial charge on any atom is 0.222 e. The molecule has 5 heteroatoms. The Balaban J connectivity index is 1.29. The van der Waals surface area contributed by atoms with Gasteiger partial charge in [0.1, 0.15) is 0 Å². The van der Waals surface area contributed by atoms with Gasteiger partial charge in [0, 0.05) is 45.1 Å². The Hall–Kier alpha value is -2.24. The smallest absolute Gasteiger partial charge is 0.222 e. The van der Waals surface area contributed by atoms with Crippen LogP contribution in [0.5, 0.6) is 0 Å². The van der Waals surface area contributed by atoms with Crippen LogP contribution in [0.15, 0.2) is 48.8 Å². The molecule has 0 N–H and O–H groups in total. The monoisotopic (exact) mass is 435 g/mol. The number of nitrogens with zero attached hydrogens (tertiary/aromatic N) is 3. The number of aryl methyl sites for hydroxylation is 2. The summed E-state index contributed by atoms with van der Waals surface area (Å²) in [6.07, 6.45) is 9.64. The van der Waals surface area contributed by atoms with Gasteiger partial charge < -0.3 is 9.64 Å². The Morgan fingerprint density at radius 2 is 1.97 bits per heavy atom. The molecule has 1 amide bonds. The predicted octanol–water partition coefficient (Wildman–Crippen LogP) is 4.24. The predicted molar refractivity (Wildman–Crippen MR) is 127 cm³/mol. The Labute approximate surface area is 192 Å². The van der Waals surface area contributed by atoms with Crippen molar-refractivity contribution in [1.82, 2.24) is 14.8 Å². The second kappa shape index (κ2) is 11.6. The van der Waals surface area contributed by atoms with Crippen molar-refractivity contribution >= 4 is 5.91 Å². The van der Waals surface area contributed by atoms with Gasteiger partial charge in [-0.3, -0.25) is 14.7 Å². The van der Waals surface area contributed by atoms with Crippen molar-refractivity contribution in [3.8, 4) is 0 Å². The molecule has 0 aliphatic carbocycles. The standard InChI is InChI=1S/C27H37N3O2/c1-22-6-2-3-8-25(22)20-29-15-12-24(13-16-29)19-30(21-26-9-5-17-32-26)27(31)11-10-23-7-4-14-28-18-23/h2-4,6-8,14,18,24,26H,5,9-13,15-17,19-21H2,1H3/t26-/m0/s1. The molecule has 172 valence electrons. The molecule has 2 saturated heterocycles. The fourth-order valence-corrected chi connectivity index (χ4v) is 4.93. The summed E-state index contributed by atoms with van der Waals surface area (Å²) in [7, 11) is 0. The summed E-state index contributed by atoms with van der Waals surface area (Å²) >= 11 is 0. The molecule has 2 aliphatic rings. The van der Waals surface area contributed by atoms with E-state index >= 15 is 0 Å². The summed E-state index contributed by atoms with van der Waals surface area (Å²) in [5, 5.41) is 0. The number of piperidine rings is 1. The third-order valence-electron chi connectivity index (χ3n) is 6.99. The summed E-state index contributed by atoms with van der Waals surface area (Å²) < 4.78 is 5.87. The minimum atomic E-state index is 0.207. The number of hydrogen-bond donors (Lipinski definition) is 0. The van der Waals surface area contributed by atoms with Crippen LogP contribution >= 0.6 is 0 Å². The number of rotatable bonds is 9. The first kappa shape index (κ1) is 22.9. The Kier molecular flexibility index (Phi) is 8.30. The third-order valence-corrected chi connectivity index (χ3v) is 6.99. The number of likely N-dealkylation sites (tertiary alicyclic amines) is 1. The third kappa shape index (κ3) is 6.63. The average Bonchev–Trinajstić information content (AvgIpc) is 3.34. The number of aromatic nitrogens is 1. The highest BCUT2D eigenvalue weighted by Crippen LogP contribution is 2.23. The minimum Gasteiger partial charge on any atom is -0.376 e. The number of ether oxygens (including phenoxy) is 1. The van der Waals surface area contributed by atoms with Gasteiger partial charge in [0.2, 0.25) is 5.91 Å². The Morgan fingerprint density at radius 1 is 1.12 bits per heavy atom. The molecule has 1 aromatic carbocycles. The second-order valence-electron chi connectivity index (χ2n) is 9.44. The van der Waals surface area contributed by atoms with E-state index < -0.39 is 0 Å². The molecule has 0 saturated carbocycles. The van der Waals surface area contributed by atoms with Gasteiger partial charge in [-0.1, -0.05) is 30.3 Å². The van der Waals surface area contributed by atoms with Crippen LogP contribution in [0.1, 0.15) is 48.8 Å². The summed E-state index contributed by atoms with van der Waals surface area (Å²) in [5.41, 5.74) is 3.93. The van der Waals surface area contributed by atoms with Crippen LogP contribution in [0.3, 0.4) is 0 Å². The molecule has 0 spiro atoms. The van der Waals surface area contributed by atoms with E-state index in [4.69, 9.17) is 4.74 Å². The lowest BCUT2D eigenvalue weighted by Crippen LogP contribution is -2.43. The van der Waals surface area contributed by atoms with Gasteiger partial charge in [-0.2, -0.15) is 0 Å². The molecular weight excluding hydrogens is 398 g/mol. The van der Waals surface area contributed by atoms with E-state index in [1.807, 2.05) is 12.3 Å². The van der Waals surface area contributed by atoms with Gasteiger partial charge in [-0.25, -0.2) is 0 Å². The fraction of sp³-hybridized carbons (Fsp3) is 0.556. The fourth-order valence-electron chi connectivity index (χ4n) is 4.93. The molecule has 0 unspecified atom stereocenters. The molecule has 2 fully saturated rings. The van der Waals surface area contributed by atoms with Crippen molar-refractivity contribution < 1.29 is 9.53 Å². The lowest BCUT2D eigenvalue weighted by atomic mass is 9.95. The molecule has 5 nitrogen and oxygen atoms in total. The highest BCUT2D eigenvalue weighted by atomic mass is 16.5. The first-order chi connectivity index (χ1) is 15.7. The highest BCUT2D eigenvalue weighted by molar-refractivity contribution is 5.76. The lowest BCUT2D eigenvalue weighted by Gasteiger charge is -2.36. The van der Waals surface area contributed by atoms with Crippen LogP contribution in [-0.4, -0.2) is 59.6 Å². The molecule has 4 rings (SSSR count). The molecule has 32 heavy (non-hydrogen) atoms. The van der Waals surface area contributed by atoms with Gasteiger partial charge >= 0.3 is 0 Å². The Bertz CT molecular complexity index is 843. The summed E-state index contributed by atoms with van der Waals surface area (Å²) in [5.74, 6) is 0.832. The number of amides is 1. The highest BCUT2D eigenvalue weighted by Gasteiger charge is 2.27. The van der Waals surface area contributed by atoms with Crippen molar-refractivity contribution in [2.75, 3.05) is 32.8 Å². The van der Waals surface area contributed by atoms with E-state index in [-0.39, 0.29) is 12.0 Å². The maximum absolute atomic E-state index is 13.2. The van der Waals surface area contributed by atoms with E-state index in [9.17, 15) is 4.79 Å². The van der Waals surface area contributed by atoms with Crippen molar-refractivity contribution in [3.63, 3.8) is 0 Å². The zero-order valence-corrected chi connectivity index (χ0v) is 19.4. The van der Waals surface area contributed by atoms with Gasteiger partial charge in [-0.15, -0.1) is 0 Å². The zero-order chi connectivity index (χ0) is 22.2. The normalized spacial score (nSPS) is 19.8. The van der Waals surface area contributed by atoms with Crippen LogP contribution < -0.4 is 0 Å². The number of pyridine rings is 1. The summed E-state index contributed by atoms with van der Waals surface area (Å²) in [6.45, 7) is 7.89. The number of carbonyl (C=O) groups is 1. The number of benzene rings is 1. The molecule has 1 aromatic heterocycles. The van der Waals surface area contributed by atoms with E-state index in [0.717, 1.165) is 77.0 Å². The largest absolute Gasteiger partial charge is 0.376 e. The van der Waals surface area contributed by atoms with Crippen molar-refractivity contribution in [2.24, 2.45) is 5.92 Å². The topological polar surface area (TPSA) is 45.7 Å². The molecule has 3 heterocycles. The van der Waals surface area contributed by atoms with Crippen molar-refractivity contribution in [3.05, 3.63) is 65.5 Å². The van der Waals surface area contributed by atoms with Crippen LogP contribution in [0.4, 0.5) is 0 Å². The van der Waals surface area contributed by atoms with Gasteiger partial charge in [0.25, 0.3) is 0 Å². The van der Waals surface area contributed by atoms with E-state index in [2.05, 4.69) is 52.0 Å². The molecular formula is C27H37N3O2. The SMILES string of the molecule is Cc1ccccc1CN1CCC(CN(C[C@@H]2CCCO2)C(=O)CCc2cccnc2)CC1.